The summed E-state index contributed by atoms with van der Waals surface area (Å²) in [6, 6.07) is 5.78. The molecule has 1 heterocycles. The van der Waals surface area contributed by atoms with Gasteiger partial charge in [-0.25, -0.2) is 4.98 Å². The van der Waals surface area contributed by atoms with Gasteiger partial charge in [0.05, 0.1) is 17.4 Å². The van der Waals surface area contributed by atoms with Gasteiger partial charge in [-0.05, 0) is 30.5 Å². The molecule has 1 aromatic carbocycles. The number of aromatic amines is 1. The van der Waals surface area contributed by atoms with Gasteiger partial charge in [0, 0.05) is 19.4 Å². The van der Waals surface area contributed by atoms with Crippen molar-refractivity contribution in [1.82, 2.24) is 15.3 Å². The third-order valence-electron chi connectivity index (χ3n) is 3.02. The number of amides is 1. The third kappa shape index (κ3) is 4.08. The summed E-state index contributed by atoms with van der Waals surface area (Å²) in [6.07, 6.45) is 3.24. The lowest BCUT2D eigenvalue weighted by Gasteiger charge is -2.05. The average Bonchev–Trinajstić information content (AvgIpc) is 2.88. The van der Waals surface area contributed by atoms with Gasteiger partial charge in [-0.1, -0.05) is 6.07 Å². The highest BCUT2D eigenvalue weighted by Gasteiger charge is 2.04. The highest BCUT2D eigenvalue weighted by Crippen LogP contribution is 2.11. The molecule has 6 nitrogen and oxygen atoms in total. The van der Waals surface area contributed by atoms with Crippen LogP contribution in [0.3, 0.4) is 0 Å². The fourth-order valence-corrected chi connectivity index (χ4v) is 1.94. The maximum Gasteiger partial charge on any atom is 0.303 e. The van der Waals surface area contributed by atoms with E-state index in [1.807, 2.05) is 18.2 Å². The Kier molecular flexibility index (Phi) is 4.70. The van der Waals surface area contributed by atoms with Crippen LogP contribution in [-0.2, 0) is 16.1 Å². The van der Waals surface area contributed by atoms with Crippen LogP contribution in [0, 0.1) is 0 Å². The number of fused-ring (bicyclic) bond motifs is 1. The zero-order valence-corrected chi connectivity index (χ0v) is 11.1. The zero-order valence-electron chi connectivity index (χ0n) is 11.1. The van der Waals surface area contributed by atoms with Gasteiger partial charge >= 0.3 is 5.97 Å². The van der Waals surface area contributed by atoms with Crippen LogP contribution < -0.4 is 5.32 Å². The monoisotopic (exact) mass is 275 g/mol. The van der Waals surface area contributed by atoms with Gasteiger partial charge in [0.1, 0.15) is 0 Å². The van der Waals surface area contributed by atoms with E-state index in [1.165, 1.54) is 0 Å². The van der Waals surface area contributed by atoms with Crippen molar-refractivity contribution in [3.63, 3.8) is 0 Å². The summed E-state index contributed by atoms with van der Waals surface area (Å²) >= 11 is 0. The molecule has 0 saturated heterocycles. The molecule has 0 fully saturated rings. The number of aromatic nitrogens is 2. The lowest BCUT2D eigenvalue weighted by atomic mass is 10.1. The highest BCUT2D eigenvalue weighted by molar-refractivity contribution is 5.77. The number of unbranched alkanes of at least 4 members (excludes halogenated alkanes) is 1. The molecule has 2 aromatic rings. The molecule has 6 heteroatoms. The van der Waals surface area contributed by atoms with Gasteiger partial charge in [0.25, 0.3) is 0 Å². The van der Waals surface area contributed by atoms with Crippen molar-refractivity contribution < 1.29 is 14.7 Å². The second-order valence-electron chi connectivity index (χ2n) is 4.63. The van der Waals surface area contributed by atoms with Crippen molar-refractivity contribution in [3.05, 3.63) is 30.1 Å². The Labute approximate surface area is 116 Å². The molecule has 3 N–H and O–H groups in total. The summed E-state index contributed by atoms with van der Waals surface area (Å²) < 4.78 is 0. The quantitative estimate of drug-likeness (QED) is 0.672. The number of nitrogens with one attached hydrogen (secondary N) is 2. The summed E-state index contributed by atoms with van der Waals surface area (Å²) in [7, 11) is 0. The van der Waals surface area contributed by atoms with Gasteiger partial charge in [0.2, 0.25) is 5.91 Å². The van der Waals surface area contributed by atoms with Gasteiger partial charge in [-0.2, -0.15) is 0 Å². The molecule has 0 unspecified atom stereocenters. The van der Waals surface area contributed by atoms with Crippen LogP contribution in [0.4, 0.5) is 0 Å². The molecular weight excluding hydrogens is 258 g/mol. The Hall–Kier alpha value is -2.37. The van der Waals surface area contributed by atoms with Crippen molar-refractivity contribution in [2.75, 3.05) is 0 Å². The molecule has 0 aliphatic rings. The van der Waals surface area contributed by atoms with Crippen LogP contribution in [0.15, 0.2) is 24.5 Å². The predicted octanol–water partition coefficient (Wildman–Crippen LogP) is 1.82. The topological polar surface area (TPSA) is 95.1 Å². The number of imidazole rings is 1. The third-order valence-corrected chi connectivity index (χ3v) is 3.02. The summed E-state index contributed by atoms with van der Waals surface area (Å²) in [5.74, 6) is -0.877. The van der Waals surface area contributed by atoms with Crippen molar-refractivity contribution in [2.24, 2.45) is 0 Å². The Bertz CT molecular complexity index is 606. The predicted molar refractivity (Wildman–Crippen MR) is 74.0 cm³/mol. The minimum absolute atomic E-state index is 0.0555. The number of benzene rings is 1. The Morgan fingerprint density at radius 3 is 2.85 bits per heavy atom. The van der Waals surface area contributed by atoms with E-state index in [4.69, 9.17) is 5.11 Å². The number of aliphatic carboxylic acids is 1. The number of rotatable bonds is 7. The smallest absolute Gasteiger partial charge is 0.303 e. The molecule has 1 aromatic heterocycles. The second-order valence-corrected chi connectivity index (χ2v) is 4.63. The van der Waals surface area contributed by atoms with E-state index in [-0.39, 0.29) is 12.3 Å². The first-order chi connectivity index (χ1) is 9.65. The van der Waals surface area contributed by atoms with Crippen molar-refractivity contribution in [2.45, 2.75) is 32.2 Å². The molecule has 20 heavy (non-hydrogen) atoms. The van der Waals surface area contributed by atoms with Gasteiger partial charge in [0.15, 0.2) is 0 Å². The number of H-pyrrole nitrogens is 1. The molecule has 0 bridgehead atoms. The summed E-state index contributed by atoms with van der Waals surface area (Å²) in [5, 5.41) is 11.3. The van der Waals surface area contributed by atoms with Crippen molar-refractivity contribution in [1.29, 1.82) is 0 Å². The van der Waals surface area contributed by atoms with E-state index >= 15 is 0 Å². The van der Waals surface area contributed by atoms with Crippen LogP contribution in [0.25, 0.3) is 11.0 Å². The zero-order chi connectivity index (χ0) is 14.4. The Morgan fingerprint density at radius 2 is 2.05 bits per heavy atom. The number of hydrogen-bond donors (Lipinski definition) is 3. The molecule has 0 saturated carbocycles. The number of hydrogen-bond acceptors (Lipinski definition) is 3. The van der Waals surface area contributed by atoms with E-state index < -0.39 is 5.97 Å². The van der Waals surface area contributed by atoms with Crippen LogP contribution in [-0.4, -0.2) is 27.0 Å². The van der Waals surface area contributed by atoms with Gasteiger partial charge < -0.3 is 15.4 Å². The van der Waals surface area contributed by atoms with Crippen LogP contribution in [0.2, 0.25) is 0 Å². The first-order valence-corrected chi connectivity index (χ1v) is 6.55. The molecule has 106 valence electrons. The molecular formula is C14H17N3O3. The van der Waals surface area contributed by atoms with Crippen LogP contribution in [0.1, 0.15) is 31.2 Å². The summed E-state index contributed by atoms with van der Waals surface area (Å²) in [5.41, 5.74) is 2.84. The molecule has 2 rings (SSSR count). The molecule has 0 radical (unpaired) electrons. The number of nitrogens with zero attached hydrogens (tertiary/aromatic N) is 1. The number of carboxylic acid groups (broad SMARTS) is 1. The fourth-order valence-electron chi connectivity index (χ4n) is 1.94. The standard InChI is InChI=1S/C14H17N3O3/c18-13(3-1-2-4-14(19)20)15-8-10-5-6-11-12(7-10)17-9-16-11/h5-7,9H,1-4,8H2,(H,15,18)(H,16,17)(H,19,20). The largest absolute Gasteiger partial charge is 0.481 e. The molecule has 0 aliphatic heterocycles. The summed E-state index contributed by atoms with van der Waals surface area (Å²) in [6.45, 7) is 0.465. The lowest BCUT2D eigenvalue weighted by Crippen LogP contribution is -2.22. The first-order valence-electron chi connectivity index (χ1n) is 6.55. The normalized spacial score (nSPS) is 10.6. The van der Waals surface area contributed by atoms with Gasteiger partial charge in [-0.15, -0.1) is 0 Å². The summed E-state index contributed by atoms with van der Waals surface area (Å²) in [4.78, 5) is 29.1. The highest BCUT2D eigenvalue weighted by atomic mass is 16.4. The average molecular weight is 275 g/mol. The van der Waals surface area contributed by atoms with E-state index in [0.29, 0.717) is 25.8 Å². The number of carbonyl (C=O) groups excluding carboxylic acids is 1. The molecule has 1 amide bonds. The maximum atomic E-state index is 11.6. The molecule has 0 spiro atoms. The van der Waals surface area contributed by atoms with E-state index in [2.05, 4.69) is 15.3 Å². The van der Waals surface area contributed by atoms with E-state index in [1.54, 1.807) is 6.33 Å². The number of carbonyl (C=O) groups is 2. The van der Waals surface area contributed by atoms with Crippen LogP contribution in [0.5, 0.6) is 0 Å². The maximum absolute atomic E-state index is 11.6. The van der Waals surface area contributed by atoms with Crippen LogP contribution >= 0.6 is 0 Å². The SMILES string of the molecule is O=C(O)CCCCC(=O)NCc1ccc2nc[nH]c2c1. The molecule has 0 aliphatic carbocycles. The Balaban J connectivity index is 1.73. The lowest BCUT2D eigenvalue weighted by molar-refractivity contribution is -0.137. The van der Waals surface area contributed by atoms with Crippen molar-refractivity contribution >= 4 is 22.9 Å². The minimum Gasteiger partial charge on any atom is -0.481 e. The van der Waals surface area contributed by atoms with Gasteiger partial charge in [-0.3, -0.25) is 9.59 Å². The van der Waals surface area contributed by atoms with E-state index in [0.717, 1.165) is 16.6 Å². The van der Waals surface area contributed by atoms with E-state index in [9.17, 15) is 9.59 Å². The first kappa shape index (κ1) is 14.0. The minimum atomic E-state index is -0.821. The Morgan fingerprint density at radius 1 is 1.25 bits per heavy atom. The number of carboxylic acids is 1. The molecule has 0 atom stereocenters. The second kappa shape index (κ2) is 6.70. The fraction of sp³-hybridized carbons (Fsp3) is 0.357. The van der Waals surface area contributed by atoms with Crippen molar-refractivity contribution in [3.8, 4) is 0 Å².